The minimum absolute atomic E-state index is 0.0207. The van der Waals surface area contributed by atoms with E-state index in [1.54, 1.807) is 6.92 Å². The first-order chi connectivity index (χ1) is 9.35. The third-order valence-corrected chi connectivity index (χ3v) is 3.37. The number of hydrogen-bond donors (Lipinski definition) is 1. The zero-order chi connectivity index (χ0) is 14.8. The van der Waals surface area contributed by atoms with Crippen molar-refractivity contribution in [1.29, 1.82) is 0 Å². The lowest BCUT2D eigenvalue weighted by Gasteiger charge is -2.27. The van der Waals surface area contributed by atoms with Crippen LogP contribution in [0.3, 0.4) is 0 Å². The van der Waals surface area contributed by atoms with E-state index in [-0.39, 0.29) is 17.4 Å². The Morgan fingerprint density at radius 3 is 2.35 bits per heavy atom. The lowest BCUT2D eigenvalue weighted by molar-refractivity contribution is -0.119. The average molecular weight is 269 g/mol. The van der Waals surface area contributed by atoms with Gasteiger partial charge < -0.3 is 5.32 Å². The summed E-state index contributed by atoms with van der Waals surface area (Å²) in [6, 6.07) is 14.8. The summed E-state index contributed by atoms with van der Waals surface area (Å²) in [4.78, 5) is 11.5. The van der Waals surface area contributed by atoms with Gasteiger partial charge in [0.1, 0.15) is 0 Å². The summed E-state index contributed by atoms with van der Waals surface area (Å²) in [7, 11) is 0. The highest BCUT2D eigenvalue weighted by Crippen LogP contribution is 2.30. The molecule has 0 radical (unpaired) electrons. The second-order valence-electron chi connectivity index (χ2n) is 6.62. The van der Waals surface area contributed by atoms with E-state index in [2.05, 4.69) is 56.4 Å². The summed E-state index contributed by atoms with van der Waals surface area (Å²) in [5.41, 5.74) is 1.34. The molecular weight excluding hydrogens is 246 g/mol. The molecule has 0 unspecified atom stereocenters. The Bertz CT molecular complexity index is 610. The molecule has 0 saturated heterocycles. The third kappa shape index (κ3) is 3.83. The van der Waals surface area contributed by atoms with E-state index >= 15 is 0 Å². The summed E-state index contributed by atoms with van der Waals surface area (Å²) < 4.78 is 0. The molecule has 0 aliphatic carbocycles. The van der Waals surface area contributed by atoms with E-state index in [1.807, 2.05) is 12.1 Å². The van der Waals surface area contributed by atoms with Crippen LogP contribution in [0.1, 0.15) is 45.7 Å². The van der Waals surface area contributed by atoms with Crippen LogP contribution in [0, 0.1) is 5.41 Å². The van der Waals surface area contributed by atoms with E-state index in [0.717, 1.165) is 6.42 Å². The molecule has 20 heavy (non-hydrogen) atoms. The molecule has 0 fully saturated rings. The van der Waals surface area contributed by atoms with Crippen LogP contribution >= 0.6 is 0 Å². The van der Waals surface area contributed by atoms with Gasteiger partial charge >= 0.3 is 0 Å². The molecule has 0 aliphatic rings. The van der Waals surface area contributed by atoms with Gasteiger partial charge in [0.2, 0.25) is 5.91 Å². The van der Waals surface area contributed by atoms with Crippen LogP contribution in [-0.4, -0.2) is 5.91 Å². The highest BCUT2D eigenvalue weighted by atomic mass is 16.1. The topological polar surface area (TPSA) is 29.1 Å². The van der Waals surface area contributed by atoms with Crippen molar-refractivity contribution in [2.75, 3.05) is 0 Å². The minimum Gasteiger partial charge on any atom is -0.350 e. The van der Waals surface area contributed by atoms with Gasteiger partial charge in [-0.15, -0.1) is 0 Å². The normalized spacial score (nSPS) is 13.2. The fourth-order valence-electron chi connectivity index (χ4n) is 2.53. The van der Waals surface area contributed by atoms with Gasteiger partial charge in [0.15, 0.2) is 0 Å². The lowest BCUT2D eigenvalue weighted by atomic mass is 9.85. The zero-order valence-corrected chi connectivity index (χ0v) is 12.7. The molecule has 1 amide bonds. The van der Waals surface area contributed by atoms with E-state index < -0.39 is 0 Å². The van der Waals surface area contributed by atoms with Crippen molar-refractivity contribution in [3.8, 4) is 0 Å². The van der Waals surface area contributed by atoms with Crippen molar-refractivity contribution in [2.24, 2.45) is 5.41 Å². The molecule has 1 N–H and O–H groups in total. The first kappa shape index (κ1) is 14.6. The molecule has 0 aromatic heterocycles. The van der Waals surface area contributed by atoms with Crippen molar-refractivity contribution < 1.29 is 4.79 Å². The van der Waals surface area contributed by atoms with Gasteiger partial charge in [0.05, 0.1) is 6.04 Å². The maximum absolute atomic E-state index is 11.5. The molecular formula is C18H23NO. The maximum Gasteiger partial charge on any atom is 0.217 e. The van der Waals surface area contributed by atoms with E-state index in [0.29, 0.717) is 0 Å². The molecule has 1 atom stereocenters. The first-order valence-electron chi connectivity index (χ1n) is 7.11. The smallest absolute Gasteiger partial charge is 0.217 e. The molecule has 2 nitrogen and oxygen atoms in total. The van der Waals surface area contributed by atoms with Gasteiger partial charge in [-0.25, -0.2) is 0 Å². The number of amides is 1. The van der Waals surface area contributed by atoms with Crippen molar-refractivity contribution in [2.45, 2.75) is 40.2 Å². The molecule has 0 bridgehead atoms. The summed E-state index contributed by atoms with van der Waals surface area (Å²) in [5.74, 6) is 0.0207. The van der Waals surface area contributed by atoms with E-state index in [9.17, 15) is 4.79 Å². The highest BCUT2D eigenvalue weighted by molar-refractivity contribution is 5.83. The number of nitrogens with one attached hydrogen (secondary N) is 1. The summed E-state index contributed by atoms with van der Waals surface area (Å²) in [6.07, 6.45) is 0.922. The number of hydrogen-bond acceptors (Lipinski definition) is 1. The Hall–Kier alpha value is -1.83. The average Bonchev–Trinajstić information content (AvgIpc) is 2.35. The van der Waals surface area contributed by atoms with E-state index in [1.165, 1.54) is 16.3 Å². The van der Waals surface area contributed by atoms with E-state index in [4.69, 9.17) is 0 Å². The van der Waals surface area contributed by atoms with Crippen LogP contribution < -0.4 is 5.32 Å². The standard InChI is InChI=1S/C18H23NO/c1-13(20)19-17(12-18(2,3)4)16-10-9-14-7-5-6-8-15(14)11-16/h5-11,17H,12H2,1-4H3,(H,19,20)/t17-/m0/s1. The summed E-state index contributed by atoms with van der Waals surface area (Å²) >= 11 is 0. The molecule has 2 aromatic rings. The molecule has 0 saturated carbocycles. The van der Waals surface area contributed by atoms with Crippen molar-refractivity contribution in [3.05, 3.63) is 48.0 Å². The van der Waals surface area contributed by atoms with Crippen LogP contribution in [0.5, 0.6) is 0 Å². The molecule has 0 aliphatic heterocycles. The van der Waals surface area contributed by atoms with Crippen LogP contribution in [0.2, 0.25) is 0 Å². The number of carbonyl (C=O) groups is 1. The molecule has 2 aromatic carbocycles. The number of fused-ring (bicyclic) bond motifs is 1. The van der Waals surface area contributed by atoms with Crippen molar-refractivity contribution >= 4 is 16.7 Å². The Balaban J connectivity index is 2.36. The van der Waals surface area contributed by atoms with Gasteiger partial charge in [-0.2, -0.15) is 0 Å². The highest BCUT2D eigenvalue weighted by Gasteiger charge is 2.21. The van der Waals surface area contributed by atoms with Crippen molar-refractivity contribution in [1.82, 2.24) is 5.32 Å². The minimum atomic E-state index is 0.0207. The van der Waals surface area contributed by atoms with Gasteiger partial charge in [-0.1, -0.05) is 57.2 Å². The summed E-state index contributed by atoms with van der Waals surface area (Å²) in [6.45, 7) is 8.17. The lowest BCUT2D eigenvalue weighted by Crippen LogP contribution is -2.29. The number of rotatable bonds is 3. The molecule has 0 spiro atoms. The molecule has 2 heteroatoms. The predicted octanol–water partition coefficient (Wildman–Crippen LogP) is 4.45. The Kier molecular flexibility index (Phi) is 4.12. The zero-order valence-electron chi connectivity index (χ0n) is 12.7. The van der Waals surface area contributed by atoms with Gasteiger partial charge in [0.25, 0.3) is 0 Å². The fraction of sp³-hybridized carbons (Fsp3) is 0.389. The molecule has 2 rings (SSSR count). The first-order valence-corrected chi connectivity index (χ1v) is 7.11. The molecule has 106 valence electrons. The monoisotopic (exact) mass is 269 g/mol. The molecule has 0 heterocycles. The maximum atomic E-state index is 11.5. The van der Waals surface area contributed by atoms with Crippen LogP contribution in [0.25, 0.3) is 10.8 Å². The van der Waals surface area contributed by atoms with Crippen LogP contribution in [0.15, 0.2) is 42.5 Å². The Labute approximate surface area is 121 Å². The number of benzene rings is 2. The largest absolute Gasteiger partial charge is 0.350 e. The van der Waals surface area contributed by atoms with Gasteiger partial charge in [0, 0.05) is 6.92 Å². The second-order valence-corrected chi connectivity index (χ2v) is 6.62. The SMILES string of the molecule is CC(=O)N[C@@H](CC(C)(C)C)c1ccc2ccccc2c1. The van der Waals surface area contributed by atoms with Crippen LogP contribution in [-0.2, 0) is 4.79 Å². The fourth-order valence-corrected chi connectivity index (χ4v) is 2.53. The van der Waals surface area contributed by atoms with Crippen molar-refractivity contribution in [3.63, 3.8) is 0 Å². The van der Waals surface area contributed by atoms with Gasteiger partial charge in [-0.3, -0.25) is 4.79 Å². The number of carbonyl (C=O) groups excluding carboxylic acids is 1. The Morgan fingerprint density at radius 2 is 1.75 bits per heavy atom. The predicted molar refractivity (Wildman–Crippen MR) is 84.6 cm³/mol. The van der Waals surface area contributed by atoms with Gasteiger partial charge in [-0.05, 0) is 34.2 Å². The quantitative estimate of drug-likeness (QED) is 0.876. The second kappa shape index (κ2) is 5.66. The third-order valence-electron chi connectivity index (χ3n) is 3.37. The Morgan fingerprint density at radius 1 is 1.10 bits per heavy atom. The van der Waals surface area contributed by atoms with Crippen LogP contribution in [0.4, 0.5) is 0 Å². The summed E-state index contributed by atoms with van der Waals surface area (Å²) in [5, 5.41) is 5.53.